The summed E-state index contributed by atoms with van der Waals surface area (Å²) in [7, 11) is 1.69. The van der Waals surface area contributed by atoms with Gasteiger partial charge in [0.05, 0.1) is 13.2 Å². The predicted octanol–water partition coefficient (Wildman–Crippen LogP) is 4.22. The fraction of sp³-hybridized carbons (Fsp3) is 0.522. The number of methoxy groups -OCH3 is 1. The second kappa shape index (κ2) is 8.11. The Labute approximate surface area is 171 Å². The third-order valence-corrected chi connectivity index (χ3v) is 6.23. The topological polar surface area (TPSA) is 72.6 Å². The van der Waals surface area contributed by atoms with Gasteiger partial charge in [0.15, 0.2) is 0 Å². The number of benzene rings is 1. The average molecular weight is 399 g/mol. The summed E-state index contributed by atoms with van der Waals surface area (Å²) in [5.74, 6) is 1.65. The van der Waals surface area contributed by atoms with Crippen molar-refractivity contribution < 1.29 is 19.0 Å². The van der Waals surface area contributed by atoms with Gasteiger partial charge in [-0.05, 0) is 37.5 Å². The molecule has 3 heterocycles. The summed E-state index contributed by atoms with van der Waals surface area (Å²) >= 11 is 0. The van der Waals surface area contributed by atoms with Gasteiger partial charge in [0.25, 0.3) is 0 Å². The zero-order chi connectivity index (χ0) is 20.5. The predicted molar refractivity (Wildman–Crippen MR) is 112 cm³/mol. The Kier molecular flexibility index (Phi) is 5.54. The van der Waals surface area contributed by atoms with Crippen molar-refractivity contribution in [1.82, 2.24) is 10.3 Å². The maximum Gasteiger partial charge on any atom is 0.307 e. The summed E-state index contributed by atoms with van der Waals surface area (Å²) in [6.45, 7) is 6.55. The molecule has 1 aromatic heterocycles. The van der Waals surface area contributed by atoms with Crippen LogP contribution in [0.3, 0.4) is 0 Å². The number of ether oxygens (including phenoxy) is 3. The molecule has 0 spiro atoms. The lowest BCUT2D eigenvalue weighted by molar-refractivity contribution is -0.140. The number of fused-ring (bicyclic) bond motifs is 2. The van der Waals surface area contributed by atoms with Gasteiger partial charge in [-0.2, -0.15) is 0 Å². The molecule has 0 amide bonds. The van der Waals surface area contributed by atoms with Crippen molar-refractivity contribution in [3.05, 3.63) is 41.5 Å². The lowest BCUT2D eigenvalue weighted by atomic mass is 9.77. The molecule has 29 heavy (non-hydrogen) atoms. The van der Waals surface area contributed by atoms with Gasteiger partial charge in [0.1, 0.15) is 17.8 Å². The van der Waals surface area contributed by atoms with Crippen LogP contribution in [-0.2, 0) is 20.7 Å². The van der Waals surface area contributed by atoms with Gasteiger partial charge in [-0.15, -0.1) is 0 Å². The Balaban J connectivity index is 1.69. The van der Waals surface area contributed by atoms with E-state index in [2.05, 4.69) is 36.3 Å². The van der Waals surface area contributed by atoms with Crippen LogP contribution < -0.4 is 10.1 Å². The molecule has 156 valence electrons. The van der Waals surface area contributed by atoms with E-state index in [9.17, 15) is 4.79 Å². The van der Waals surface area contributed by atoms with Gasteiger partial charge < -0.3 is 24.5 Å². The maximum atomic E-state index is 11.6. The molecule has 6 heteroatoms. The maximum absolute atomic E-state index is 11.6. The van der Waals surface area contributed by atoms with E-state index in [1.54, 1.807) is 13.4 Å². The Hall–Kier alpha value is -2.47. The number of carbonyl (C=O) groups excluding carboxylic acids is 1. The number of hydrogen-bond acceptors (Lipinski definition) is 5. The smallest absolute Gasteiger partial charge is 0.307 e. The molecular weight excluding hydrogens is 368 g/mol. The Bertz CT molecular complexity index is 932. The van der Waals surface area contributed by atoms with Gasteiger partial charge in [-0.1, -0.05) is 13.3 Å². The highest BCUT2D eigenvalue weighted by Crippen LogP contribution is 2.42. The number of carbonyl (C=O) groups is 1. The number of H-pyrrole nitrogens is 1. The number of esters is 1. The molecule has 0 radical (unpaired) electrons. The second-order valence-corrected chi connectivity index (χ2v) is 8.10. The molecule has 1 aromatic carbocycles. The molecule has 2 aliphatic rings. The Morgan fingerprint density at radius 3 is 2.90 bits per heavy atom. The van der Waals surface area contributed by atoms with Crippen molar-refractivity contribution >= 4 is 16.9 Å². The molecule has 2 aromatic rings. The highest BCUT2D eigenvalue weighted by Gasteiger charge is 2.41. The molecule has 6 nitrogen and oxygen atoms in total. The van der Waals surface area contributed by atoms with Crippen LogP contribution in [0.4, 0.5) is 0 Å². The number of rotatable bonds is 5. The highest BCUT2D eigenvalue weighted by molar-refractivity contribution is 5.86. The SMILES string of the molecule is CCCc1c([C@@H]2C[C@@H]3C(OC(C)=O)=CO[C@@H](C)[C@H]3CN2)[nH]c2cc(OC)ccc12. The van der Waals surface area contributed by atoms with Crippen molar-refractivity contribution in [2.75, 3.05) is 13.7 Å². The second-order valence-electron chi connectivity index (χ2n) is 8.10. The zero-order valence-electron chi connectivity index (χ0n) is 17.6. The van der Waals surface area contributed by atoms with E-state index in [1.807, 2.05) is 6.07 Å². The van der Waals surface area contributed by atoms with Crippen LogP contribution in [0.15, 0.2) is 30.2 Å². The average Bonchev–Trinajstić information content (AvgIpc) is 3.07. The number of nitrogens with one attached hydrogen (secondary N) is 2. The third kappa shape index (κ3) is 3.73. The first kappa shape index (κ1) is 19.8. The summed E-state index contributed by atoms with van der Waals surface area (Å²) in [4.78, 5) is 15.2. The van der Waals surface area contributed by atoms with Crippen molar-refractivity contribution in [1.29, 1.82) is 0 Å². The van der Waals surface area contributed by atoms with Crippen LogP contribution >= 0.6 is 0 Å². The standard InChI is InChI=1S/C23H30N2O4/c1-5-6-17-16-8-7-15(27-4)9-20(16)25-23(17)21-10-18-19(11-24-21)13(2)28-12-22(18)29-14(3)26/h7-9,12-13,18-19,21,24-25H,5-6,10-11H2,1-4H3/t13-,18-,19+,21-/m0/s1. The molecule has 0 bridgehead atoms. The summed E-state index contributed by atoms with van der Waals surface area (Å²) < 4.78 is 16.6. The molecule has 0 saturated carbocycles. The fourth-order valence-corrected chi connectivity index (χ4v) is 4.80. The number of allylic oxidation sites excluding steroid dienone is 1. The Morgan fingerprint density at radius 2 is 2.17 bits per heavy atom. The van der Waals surface area contributed by atoms with Crippen LogP contribution in [0.25, 0.3) is 10.9 Å². The van der Waals surface area contributed by atoms with E-state index in [0.717, 1.165) is 37.1 Å². The Morgan fingerprint density at radius 1 is 1.34 bits per heavy atom. The van der Waals surface area contributed by atoms with E-state index < -0.39 is 0 Å². The van der Waals surface area contributed by atoms with Crippen LogP contribution in [0.2, 0.25) is 0 Å². The number of piperidine rings is 1. The van der Waals surface area contributed by atoms with Crippen molar-refractivity contribution in [2.24, 2.45) is 11.8 Å². The lowest BCUT2D eigenvalue weighted by Crippen LogP contribution is -2.47. The molecule has 4 atom stereocenters. The molecule has 2 N–H and O–H groups in total. The van der Waals surface area contributed by atoms with Crippen LogP contribution in [0, 0.1) is 11.8 Å². The highest BCUT2D eigenvalue weighted by atomic mass is 16.6. The molecule has 1 fully saturated rings. The van der Waals surface area contributed by atoms with Crippen LogP contribution in [0.5, 0.6) is 5.75 Å². The van der Waals surface area contributed by atoms with E-state index in [0.29, 0.717) is 5.76 Å². The van der Waals surface area contributed by atoms with Crippen molar-refractivity contribution in [2.45, 2.75) is 52.2 Å². The monoisotopic (exact) mass is 398 g/mol. The molecule has 0 unspecified atom stereocenters. The fourth-order valence-electron chi connectivity index (χ4n) is 4.80. The minimum Gasteiger partial charge on any atom is -0.497 e. The quantitative estimate of drug-likeness (QED) is 0.738. The first-order valence-electron chi connectivity index (χ1n) is 10.5. The molecule has 4 rings (SSSR count). The van der Waals surface area contributed by atoms with E-state index in [4.69, 9.17) is 14.2 Å². The van der Waals surface area contributed by atoms with E-state index in [-0.39, 0.29) is 30.0 Å². The molecular formula is C23H30N2O4. The van der Waals surface area contributed by atoms with Gasteiger partial charge in [-0.25, -0.2) is 0 Å². The first-order valence-corrected chi connectivity index (χ1v) is 10.5. The number of hydrogen-bond donors (Lipinski definition) is 2. The summed E-state index contributed by atoms with van der Waals surface area (Å²) in [6, 6.07) is 6.39. The van der Waals surface area contributed by atoms with Gasteiger partial charge in [-0.3, -0.25) is 4.79 Å². The van der Waals surface area contributed by atoms with Crippen LogP contribution in [-0.4, -0.2) is 30.7 Å². The summed E-state index contributed by atoms with van der Waals surface area (Å²) in [5.41, 5.74) is 3.69. The van der Waals surface area contributed by atoms with Gasteiger partial charge in [0.2, 0.25) is 0 Å². The van der Waals surface area contributed by atoms with E-state index >= 15 is 0 Å². The third-order valence-electron chi connectivity index (χ3n) is 6.23. The molecule has 2 aliphatic heterocycles. The lowest BCUT2D eigenvalue weighted by Gasteiger charge is -2.42. The molecule has 0 aliphatic carbocycles. The first-order chi connectivity index (χ1) is 14.0. The summed E-state index contributed by atoms with van der Waals surface area (Å²) in [5, 5.41) is 4.97. The van der Waals surface area contributed by atoms with Crippen molar-refractivity contribution in [3.63, 3.8) is 0 Å². The normalized spacial score (nSPS) is 26.4. The largest absolute Gasteiger partial charge is 0.497 e. The number of aromatic nitrogens is 1. The number of aryl methyl sites for hydroxylation is 1. The summed E-state index contributed by atoms with van der Waals surface area (Å²) in [6.07, 6.45) is 4.68. The van der Waals surface area contributed by atoms with Gasteiger partial charge >= 0.3 is 5.97 Å². The van der Waals surface area contributed by atoms with E-state index in [1.165, 1.54) is 23.6 Å². The zero-order valence-corrected chi connectivity index (χ0v) is 17.6. The minimum atomic E-state index is -0.299. The molecule has 1 saturated heterocycles. The number of aromatic amines is 1. The van der Waals surface area contributed by atoms with Crippen LogP contribution in [0.1, 0.15) is 50.9 Å². The minimum absolute atomic E-state index is 0.0924. The van der Waals surface area contributed by atoms with Gasteiger partial charge in [0, 0.05) is 54.0 Å². The van der Waals surface area contributed by atoms with Crippen molar-refractivity contribution in [3.8, 4) is 5.75 Å².